The van der Waals surface area contributed by atoms with Crippen molar-refractivity contribution in [3.8, 4) is 0 Å². The topological polar surface area (TPSA) is 89.7 Å². The number of carbonyl (C=O) groups is 3. The first kappa shape index (κ1) is 14.5. The molecule has 6 nitrogen and oxygen atoms in total. The molecule has 1 unspecified atom stereocenters. The van der Waals surface area contributed by atoms with E-state index in [0.717, 1.165) is 4.88 Å². The Labute approximate surface area is 120 Å². The van der Waals surface area contributed by atoms with E-state index in [1.54, 1.807) is 13.0 Å². The van der Waals surface area contributed by atoms with E-state index in [9.17, 15) is 14.4 Å². The fourth-order valence-electron chi connectivity index (χ4n) is 2.15. The van der Waals surface area contributed by atoms with Crippen LogP contribution in [-0.2, 0) is 14.3 Å². The van der Waals surface area contributed by atoms with Gasteiger partial charge < -0.3 is 15.4 Å². The third-order valence-electron chi connectivity index (χ3n) is 3.10. The zero-order valence-corrected chi connectivity index (χ0v) is 12.2. The van der Waals surface area contributed by atoms with Gasteiger partial charge in [-0.25, -0.2) is 4.79 Å². The number of nitrogens with two attached hydrogens (primary N) is 1. The summed E-state index contributed by atoms with van der Waals surface area (Å²) in [6, 6.07) is 1.70. The highest BCUT2D eigenvalue weighted by Crippen LogP contribution is 2.35. The lowest BCUT2D eigenvalue weighted by atomic mass is 10.1. The van der Waals surface area contributed by atoms with Crippen LogP contribution in [0.3, 0.4) is 0 Å². The molecule has 1 saturated heterocycles. The van der Waals surface area contributed by atoms with E-state index in [1.807, 2.05) is 6.92 Å². The van der Waals surface area contributed by atoms with Crippen LogP contribution in [0.25, 0.3) is 0 Å². The average molecular weight is 296 g/mol. The van der Waals surface area contributed by atoms with Gasteiger partial charge in [0.15, 0.2) is 0 Å². The van der Waals surface area contributed by atoms with Gasteiger partial charge in [0.05, 0.1) is 18.1 Å². The van der Waals surface area contributed by atoms with E-state index in [2.05, 4.69) is 0 Å². The lowest BCUT2D eigenvalue weighted by Crippen LogP contribution is -2.28. The molecule has 7 heteroatoms. The van der Waals surface area contributed by atoms with Crippen LogP contribution in [-0.4, -0.2) is 30.9 Å². The highest BCUT2D eigenvalue weighted by molar-refractivity contribution is 7.16. The van der Waals surface area contributed by atoms with E-state index < -0.39 is 17.8 Å². The number of ether oxygens (including phenoxy) is 1. The lowest BCUT2D eigenvalue weighted by Gasteiger charge is -2.15. The second kappa shape index (κ2) is 5.62. The first-order valence-electron chi connectivity index (χ1n) is 6.31. The number of hydrogen-bond acceptors (Lipinski definition) is 5. The molecule has 2 amide bonds. The molecule has 108 valence electrons. The number of anilines is 1. The maximum absolute atomic E-state index is 12.0. The monoisotopic (exact) mass is 296 g/mol. The van der Waals surface area contributed by atoms with Crippen molar-refractivity contribution in [3.63, 3.8) is 0 Å². The molecule has 1 fully saturated rings. The van der Waals surface area contributed by atoms with Crippen molar-refractivity contribution < 1.29 is 19.1 Å². The SMILES string of the molecule is CCOC(=O)c1cc(C)sc1N1CC(C(N)=O)CC1=O. The number of nitrogens with zero attached hydrogens (tertiary/aromatic N) is 1. The van der Waals surface area contributed by atoms with Crippen LogP contribution in [0.1, 0.15) is 28.6 Å². The molecule has 1 atom stereocenters. The first-order valence-corrected chi connectivity index (χ1v) is 7.13. The number of thiophene rings is 1. The Morgan fingerprint density at radius 2 is 2.25 bits per heavy atom. The Balaban J connectivity index is 2.31. The van der Waals surface area contributed by atoms with Gasteiger partial charge in [0.2, 0.25) is 11.8 Å². The van der Waals surface area contributed by atoms with Crippen molar-refractivity contribution >= 4 is 34.1 Å². The number of amides is 2. The van der Waals surface area contributed by atoms with Crippen LogP contribution in [0.5, 0.6) is 0 Å². The molecule has 0 radical (unpaired) electrons. The fourth-order valence-corrected chi connectivity index (χ4v) is 3.17. The molecule has 0 saturated carbocycles. The Morgan fingerprint density at radius 3 is 2.80 bits per heavy atom. The average Bonchev–Trinajstić information content (AvgIpc) is 2.92. The highest BCUT2D eigenvalue weighted by Gasteiger charge is 2.36. The molecular weight excluding hydrogens is 280 g/mol. The van der Waals surface area contributed by atoms with Gasteiger partial charge in [-0.2, -0.15) is 0 Å². The fraction of sp³-hybridized carbons (Fsp3) is 0.462. The standard InChI is InChI=1S/C13H16N2O4S/c1-3-19-13(18)9-4-7(2)20-12(9)15-6-8(11(14)17)5-10(15)16/h4,8H,3,5-6H2,1-2H3,(H2,14,17). The number of primary amides is 1. The minimum Gasteiger partial charge on any atom is -0.462 e. The molecule has 2 rings (SSSR count). The summed E-state index contributed by atoms with van der Waals surface area (Å²) in [5.41, 5.74) is 5.61. The Kier molecular flexibility index (Phi) is 4.08. The Hall–Kier alpha value is -1.89. The lowest BCUT2D eigenvalue weighted by molar-refractivity contribution is -0.123. The molecule has 0 aromatic carbocycles. The minimum atomic E-state index is -0.500. The van der Waals surface area contributed by atoms with Gasteiger partial charge in [-0.05, 0) is 19.9 Å². The largest absolute Gasteiger partial charge is 0.462 e. The molecule has 0 bridgehead atoms. The van der Waals surface area contributed by atoms with E-state index in [4.69, 9.17) is 10.5 Å². The summed E-state index contributed by atoms with van der Waals surface area (Å²) >= 11 is 1.34. The highest BCUT2D eigenvalue weighted by atomic mass is 32.1. The second-order valence-corrected chi connectivity index (χ2v) is 5.84. The van der Waals surface area contributed by atoms with Crippen LogP contribution in [0.15, 0.2) is 6.07 Å². The molecule has 2 N–H and O–H groups in total. The summed E-state index contributed by atoms with van der Waals surface area (Å²) in [5.74, 6) is -1.64. The van der Waals surface area contributed by atoms with Gasteiger partial charge >= 0.3 is 5.97 Å². The summed E-state index contributed by atoms with van der Waals surface area (Å²) in [7, 11) is 0. The van der Waals surface area contributed by atoms with Crippen LogP contribution in [0, 0.1) is 12.8 Å². The summed E-state index contributed by atoms with van der Waals surface area (Å²) in [6.07, 6.45) is 0.0918. The molecule has 1 aromatic heterocycles. The summed E-state index contributed by atoms with van der Waals surface area (Å²) < 4.78 is 4.99. The summed E-state index contributed by atoms with van der Waals surface area (Å²) in [5, 5.41) is 0.537. The second-order valence-electron chi connectivity index (χ2n) is 4.60. The van der Waals surface area contributed by atoms with Crippen molar-refractivity contribution in [2.75, 3.05) is 18.1 Å². The Morgan fingerprint density at radius 1 is 1.55 bits per heavy atom. The zero-order valence-electron chi connectivity index (χ0n) is 11.3. The Bertz CT molecular complexity index is 567. The number of esters is 1. The number of aryl methyl sites for hydroxylation is 1. The molecule has 2 heterocycles. The minimum absolute atomic E-state index is 0.0918. The van der Waals surface area contributed by atoms with Gasteiger partial charge in [-0.1, -0.05) is 0 Å². The molecule has 1 aliphatic rings. The predicted molar refractivity (Wildman–Crippen MR) is 74.7 cm³/mol. The first-order chi connectivity index (χ1) is 9.43. The van der Waals surface area contributed by atoms with E-state index in [-0.39, 0.29) is 25.5 Å². The molecule has 1 aliphatic heterocycles. The number of rotatable bonds is 4. The van der Waals surface area contributed by atoms with Crippen LogP contribution < -0.4 is 10.6 Å². The normalized spacial score (nSPS) is 18.4. The summed E-state index contributed by atoms with van der Waals surface area (Å²) in [6.45, 7) is 4.06. The van der Waals surface area contributed by atoms with Crippen LogP contribution in [0.4, 0.5) is 5.00 Å². The van der Waals surface area contributed by atoms with Crippen molar-refractivity contribution in [2.45, 2.75) is 20.3 Å². The summed E-state index contributed by atoms with van der Waals surface area (Å²) in [4.78, 5) is 37.5. The third-order valence-corrected chi connectivity index (χ3v) is 4.18. The van der Waals surface area contributed by atoms with E-state index in [1.165, 1.54) is 16.2 Å². The zero-order chi connectivity index (χ0) is 14.9. The van der Waals surface area contributed by atoms with Gasteiger partial charge in [-0.3, -0.25) is 9.59 Å². The maximum Gasteiger partial charge on any atom is 0.341 e. The molecular formula is C13H16N2O4S. The molecule has 20 heavy (non-hydrogen) atoms. The van der Waals surface area contributed by atoms with Gasteiger partial charge in [0.25, 0.3) is 0 Å². The molecule has 0 spiro atoms. The van der Waals surface area contributed by atoms with Gasteiger partial charge in [0.1, 0.15) is 5.00 Å². The third kappa shape index (κ3) is 2.67. The quantitative estimate of drug-likeness (QED) is 0.842. The van der Waals surface area contributed by atoms with Crippen molar-refractivity contribution in [1.29, 1.82) is 0 Å². The van der Waals surface area contributed by atoms with E-state index in [0.29, 0.717) is 10.6 Å². The molecule has 1 aromatic rings. The predicted octanol–water partition coefficient (Wildman–Crippen LogP) is 1.07. The van der Waals surface area contributed by atoms with Crippen LogP contribution in [0.2, 0.25) is 0 Å². The smallest absolute Gasteiger partial charge is 0.341 e. The van der Waals surface area contributed by atoms with E-state index >= 15 is 0 Å². The van der Waals surface area contributed by atoms with Crippen molar-refractivity contribution in [2.24, 2.45) is 11.7 Å². The maximum atomic E-state index is 12.0. The van der Waals surface area contributed by atoms with Gasteiger partial charge in [0, 0.05) is 17.8 Å². The number of hydrogen-bond donors (Lipinski definition) is 1. The van der Waals surface area contributed by atoms with Crippen molar-refractivity contribution in [1.82, 2.24) is 0 Å². The van der Waals surface area contributed by atoms with Gasteiger partial charge in [-0.15, -0.1) is 11.3 Å². The number of carbonyl (C=O) groups excluding carboxylic acids is 3. The van der Waals surface area contributed by atoms with Crippen LogP contribution >= 0.6 is 11.3 Å². The van der Waals surface area contributed by atoms with Crippen molar-refractivity contribution in [3.05, 3.63) is 16.5 Å². The molecule has 0 aliphatic carbocycles.